The number of rotatable bonds is 6. The summed E-state index contributed by atoms with van der Waals surface area (Å²) in [5, 5.41) is 1.03. The lowest BCUT2D eigenvalue weighted by Crippen LogP contribution is -2.23. The number of hydrogen-bond donors (Lipinski definition) is 0. The lowest BCUT2D eigenvalue weighted by atomic mass is 9.89. The Morgan fingerprint density at radius 3 is 2.72 bits per heavy atom. The van der Waals surface area contributed by atoms with Crippen LogP contribution in [-0.2, 0) is 23.1 Å². The van der Waals surface area contributed by atoms with Gasteiger partial charge in [0.2, 0.25) is 0 Å². The number of nitrogens with zero attached hydrogens (tertiary/aromatic N) is 1. The highest BCUT2D eigenvalue weighted by atomic mass is 16.5. The van der Waals surface area contributed by atoms with Gasteiger partial charge in [-0.2, -0.15) is 0 Å². The van der Waals surface area contributed by atoms with Crippen LogP contribution in [0.2, 0.25) is 0 Å². The summed E-state index contributed by atoms with van der Waals surface area (Å²) in [7, 11) is 3.56. The van der Waals surface area contributed by atoms with E-state index in [9.17, 15) is 4.79 Å². The van der Waals surface area contributed by atoms with Crippen molar-refractivity contribution in [2.45, 2.75) is 25.6 Å². The van der Waals surface area contributed by atoms with Gasteiger partial charge >= 0.3 is 0 Å². The van der Waals surface area contributed by atoms with Gasteiger partial charge in [0.25, 0.3) is 5.56 Å². The number of aromatic nitrogens is 1. The summed E-state index contributed by atoms with van der Waals surface area (Å²) in [6.45, 7) is 2.07. The topological polar surface area (TPSA) is 49.7 Å². The van der Waals surface area contributed by atoms with Crippen LogP contribution in [0.1, 0.15) is 30.1 Å². The van der Waals surface area contributed by atoms with Gasteiger partial charge in [-0.1, -0.05) is 18.2 Å². The molecule has 5 heteroatoms. The highest BCUT2D eigenvalue weighted by Gasteiger charge is 2.25. The fraction of sp³-hybridized carbons (Fsp3) is 0.375. The predicted molar refractivity (Wildman–Crippen MR) is 113 cm³/mol. The van der Waals surface area contributed by atoms with E-state index in [1.54, 1.807) is 24.8 Å². The smallest absolute Gasteiger partial charge is 0.250 e. The molecular formula is C24H27NO4. The van der Waals surface area contributed by atoms with Crippen LogP contribution in [0.5, 0.6) is 5.75 Å². The molecule has 1 aliphatic rings. The lowest BCUT2D eigenvalue weighted by Gasteiger charge is -2.29. The van der Waals surface area contributed by atoms with Crippen LogP contribution in [0.25, 0.3) is 10.9 Å². The lowest BCUT2D eigenvalue weighted by molar-refractivity contribution is -0.0145. The molecule has 5 nitrogen and oxygen atoms in total. The standard InChI is InChI=1S/C24H27NO4/c1-25-22-8-6-17(14-19(22)7-9-23(25)26)16-29-21-5-3-4-20(15-21)24(27-2)18-10-12-28-13-11-18/h3-9,14-15,18,24H,10-13,16H2,1-2H3. The largest absolute Gasteiger partial charge is 0.489 e. The second kappa shape index (κ2) is 8.80. The Bertz CT molecular complexity index is 1040. The van der Waals surface area contributed by atoms with Crippen molar-refractivity contribution in [2.75, 3.05) is 20.3 Å². The second-order valence-electron chi connectivity index (χ2n) is 7.59. The van der Waals surface area contributed by atoms with Crippen LogP contribution < -0.4 is 10.3 Å². The molecule has 2 heterocycles. The molecule has 29 heavy (non-hydrogen) atoms. The first kappa shape index (κ1) is 19.7. The van der Waals surface area contributed by atoms with E-state index in [0.29, 0.717) is 12.5 Å². The van der Waals surface area contributed by atoms with Crippen molar-refractivity contribution < 1.29 is 14.2 Å². The van der Waals surface area contributed by atoms with Gasteiger partial charge in [-0.3, -0.25) is 4.79 Å². The Morgan fingerprint density at radius 1 is 1.10 bits per heavy atom. The maximum atomic E-state index is 11.8. The van der Waals surface area contributed by atoms with E-state index in [-0.39, 0.29) is 11.7 Å². The van der Waals surface area contributed by atoms with Crippen LogP contribution in [0, 0.1) is 5.92 Å². The summed E-state index contributed by atoms with van der Waals surface area (Å²) in [5.74, 6) is 1.30. The van der Waals surface area contributed by atoms with Crippen LogP contribution in [0.3, 0.4) is 0 Å². The van der Waals surface area contributed by atoms with Gasteiger partial charge in [0.15, 0.2) is 0 Å². The maximum Gasteiger partial charge on any atom is 0.250 e. The minimum atomic E-state index is -0.00413. The van der Waals surface area contributed by atoms with Gasteiger partial charge in [0.1, 0.15) is 12.4 Å². The molecular weight excluding hydrogens is 366 g/mol. The zero-order chi connectivity index (χ0) is 20.2. The number of methoxy groups -OCH3 is 1. The predicted octanol–water partition coefficient (Wildman–Crippen LogP) is 4.23. The monoisotopic (exact) mass is 393 g/mol. The Morgan fingerprint density at radius 2 is 1.93 bits per heavy atom. The van der Waals surface area contributed by atoms with Gasteiger partial charge in [0.05, 0.1) is 11.6 Å². The third kappa shape index (κ3) is 4.36. The van der Waals surface area contributed by atoms with E-state index in [2.05, 4.69) is 18.2 Å². The van der Waals surface area contributed by atoms with E-state index >= 15 is 0 Å². The SMILES string of the molecule is COC(c1cccc(OCc2ccc3c(ccc(=O)n3C)c2)c1)C1CCOCC1. The van der Waals surface area contributed by atoms with Crippen LogP contribution in [0.15, 0.2) is 59.4 Å². The van der Waals surface area contributed by atoms with Gasteiger partial charge in [-0.15, -0.1) is 0 Å². The first-order valence-corrected chi connectivity index (χ1v) is 10.1. The fourth-order valence-corrected chi connectivity index (χ4v) is 4.09. The summed E-state index contributed by atoms with van der Waals surface area (Å²) in [6, 6.07) is 17.7. The Labute approximate surface area is 170 Å². The Balaban J connectivity index is 1.48. The first-order valence-electron chi connectivity index (χ1n) is 10.1. The molecule has 2 aromatic carbocycles. The zero-order valence-electron chi connectivity index (χ0n) is 17.0. The Hall–Kier alpha value is -2.63. The molecule has 0 radical (unpaired) electrons. The van der Waals surface area contributed by atoms with Crippen molar-refractivity contribution in [3.63, 3.8) is 0 Å². The van der Waals surface area contributed by atoms with E-state index in [0.717, 1.165) is 53.8 Å². The van der Waals surface area contributed by atoms with Gasteiger partial charge < -0.3 is 18.8 Å². The maximum absolute atomic E-state index is 11.8. The number of benzene rings is 2. The Kier molecular flexibility index (Phi) is 5.97. The van der Waals surface area contributed by atoms with Gasteiger partial charge in [0, 0.05) is 33.4 Å². The summed E-state index contributed by atoms with van der Waals surface area (Å²) in [6.07, 6.45) is 2.09. The molecule has 0 bridgehead atoms. The number of ether oxygens (including phenoxy) is 3. The minimum absolute atomic E-state index is 0.00413. The van der Waals surface area contributed by atoms with E-state index in [4.69, 9.17) is 14.2 Å². The minimum Gasteiger partial charge on any atom is -0.489 e. The molecule has 0 N–H and O–H groups in total. The summed E-state index contributed by atoms with van der Waals surface area (Å²) < 4.78 is 19.0. The van der Waals surface area contributed by atoms with Crippen molar-refractivity contribution in [3.05, 3.63) is 76.1 Å². The highest BCUT2D eigenvalue weighted by Crippen LogP contribution is 2.34. The molecule has 1 unspecified atom stereocenters. The molecule has 0 spiro atoms. The van der Waals surface area contributed by atoms with Crippen molar-refractivity contribution >= 4 is 10.9 Å². The fourth-order valence-electron chi connectivity index (χ4n) is 4.09. The van der Waals surface area contributed by atoms with E-state index in [1.165, 1.54) is 0 Å². The number of hydrogen-bond acceptors (Lipinski definition) is 4. The van der Waals surface area contributed by atoms with Crippen molar-refractivity contribution in [2.24, 2.45) is 13.0 Å². The van der Waals surface area contributed by atoms with Crippen molar-refractivity contribution in [3.8, 4) is 5.75 Å². The average molecular weight is 393 g/mol. The number of aryl methyl sites for hydroxylation is 1. The molecule has 4 rings (SSSR count). The van der Waals surface area contributed by atoms with Gasteiger partial charge in [-0.05, 0) is 65.6 Å². The van der Waals surface area contributed by atoms with Crippen LogP contribution >= 0.6 is 0 Å². The third-order valence-corrected chi connectivity index (χ3v) is 5.73. The molecule has 3 aromatic rings. The van der Waals surface area contributed by atoms with Gasteiger partial charge in [-0.25, -0.2) is 0 Å². The van der Waals surface area contributed by atoms with Crippen molar-refractivity contribution in [1.82, 2.24) is 4.57 Å². The van der Waals surface area contributed by atoms with E-state index < -0.39 is 0 Å². The summed E-state index contributed by atoms with van der Waals surface area (Å²) >= 11 is 0. The summed E-state index contributed by atoms with van der Waals surface area (Å²) in [5.41, 5.74) is 3.12. The summed E-state index contributed by atoms with van der Waals surface area (Å²) in [4.78, 5) is 11.8. The van der Waals surface area contributed by atoms with Crippen LogP contribution in [0.4, 0.5) is 0 Å². The molecule has 0 saturated carbocycles. The normalized spacial score (nSPS) is 16.1. The average Bonchev–Trinajstić information content (AvgIpc) is 2.76. The molecule has 0 aliphatic carbocycles. The highest BCUT2D eigenvalue weighted by molar-refractivity contribution is 5.79. The molecule has 1 fully saturated rings. The molecule has 152 valence electrons. The molecule has 0 amide bonds. The molecule has 1 aliphatic heterocycles. The first-order chi connectivity index (χ1) is 14.2. The number of fused-ring (bicyclic) bond motifs is 1. The molecule has 1 atom stereocenters. The van der Waals surface area contributed by atoms with Crippen molar-refractivity contribution in [1.29, 1.82) is 0 Å². The van der Waals surface area contributed by atoms with Crippen LogP contribution in [-0.4, -0.2) is 24.9 Å². The molecule has 1 saturated heterocycles. The second-order valence-corrected chi connectivity index (χ2v) is 7.59. The third-order valence-electron chi connectivity index (χ3n) is 5.73. The van der Waals surface area contributed by atoms with E-state index in [1.807, 2.05) is 30.3 Å². The quantitative estimate of drug-likeness (QED) is 0.629. The molecule has 1 aromatic heterocycles. The zero-order valence-corrected chi connectivity index (χ0v) is 17.0. The number of pyridine rings is 1.